The molecule has 0 saturated carbocycles. The largest absolute Gasteiger partial charge is 0.370 e. The molecule has 7 heteroatoms. The second-order valence-electron chi connectivity index (χ2n) is 7.99. The van der Waals surface area contributed by atoms with Crippen molar-refractivity contribution in [1.82, 2.24) is 14.4 Å². The fourth-order valence-corrected chi connectivity index (χ4v) is 3.51. The van der Waals surface area contributed by atoms with Crippen molar-refractivity contribution >= 4 is 34.2 Å². The molecule has 0 aliphatic rings. The monoisotopic (exact) mass is 415 g/mol. The first kappa shape index (κ1) is 20.5. The molecule has 0 fully saturated rings. The molecule has 4 aromatic rings. The quantitative estimate of drug-likeness (QED) is 0.422. The molecule has 2 aromatic carbocycles. The summed E-state index contributed by atoms with van der Waals surface area (Å²) in [6.45, 7) is 5.09. The van der Waals surface area contributed by atoms with Crippen LogP contribution in [0.5, 0.6) is 0 Å². The molecular formula is C24H25N5O2. The Kier molecular flexibility index (Phi) is 5.66. The van der Waals surface area contributed by atoms with Gasteiger partial charge in [0.2, 0.25) is 5.91 Å². The summed E-state index contributed by atoms with van der Waals surface area (Å²) in [4.78, 5) is 32.6. The number of hydrogen-bond acceptors (Lipinski definition) is 5. The molecule has 7 nitrogen and oxygen atoms in total. The third kappa shape index (κ3) is 4.26. The van der Waals surface area contributed by atoms with Gasteiger partial charge in [0.15, 0.2) is 17.2 Å². The summed E-state index contributed by atoms with van der Waals surface area (Å²) < 4.78 is 2.09. The molecule has 1 amide bonds. The van der Waals surface area contributed by atoms with Crippen molar-refractivity contribution in [2.75, 3.05) is 11.9 Å². The first-order valence-corrected chi connectivity index (χ1v) is 10.4. The number of fused-ring (bicyclic) bond motifs is 3. The van der Waals surface area contributed by atoms with E-state index in [9.17, 15) is 9.59 Å². The molecule has 2 heterocycles. The maximum Gasteiger partial charge on any atom is 0.217 e. The van der Waals surface area contributed by atoms with Crippen molar-refractivity contribution < 1.29 is 9.59 Å². The Bertz CT molecular complexity index is 1260. The molecule has 0 bridgehead atoms. The average molecular weight is 415 g/mol. The van der Waals surface area contributed by atoms with E-state index >= 15 is 0 Å². The van der Waals surface area contributed by atoms with E-state index in [1.54, 1.807) is 12.1 Å². The number of anilines is 1. The lowest BCUT2D eigenvalue weighted by Crippen LogP contribution is -2.12. The van der Waals surface area contributed by atoms with Crippen LogP contribution in [0.1, 0.15) is 37.0 Å². The molecule has 3 N–H and O–H groups in total. The Hall–Kier alpha value is -3.74. The Morgan fingerprint density at radius 2 is 1.81 bits per heavy atom. The number of hydrogen-bond donors (Lipinski definition) is 2. The van der Waals surface area contributed by atoms with Crippen LogP contribution in [0.3, 0.4) is 0 Å². The fraction of sp³-hybridized carbons (Fsp3) is 0.250. The van der Waals surface area contributed by atoms with E-state index in [1.165, 1.54) is 0 Å². The number of imidazole rings is 1. The molecule has 31 heavy (non-hydrogen) atoms. The van der Waals surface area contributed by atoms with Gasteiger partial charge in [-0.2, -0.15) is 0 Å². The predicted molar refractivity (Wildman–Crippen MR) is 122 cm³/mol. The van der Waals surface area contributed by atoms with Gasteiger partial charge in [-0.1, -0.05) is 50.2 Å². The minimum absolute atomic E-state index is 0.0546. The minimum atomic E-state index is -0.474. The molecule has 0 unspecified atom stereocenters. The summed E-state index contributed by atoms with van der Waals surface area (Å²) in [6, 6.07) is 15.3. The average Bonchev–Trinajstić information content (AvgIpc) is 3.21. The number of benzene rings is 2. The number of para-hydroxylation sites is 2. The van der Waals surface area contributed by atoms with Gasteiger partial charge in [0.1, 0.15) is 0 Å². The van der Waals surface area contributed by atoms with E-state index in [0.29, 0.717) is 11.5 Å². The maximum absolute atomic E-state index is 12.3. The third-order valence-electron chi connectivity index (χ3n) is 5.11. The normalized spacial score (nSPS) is 11.3. The maximum atomic E-state index is 12.3. The highest BCUT2D eigenvalue weighted by atomic mass is 16.1. The van der Waals surface area contributed by atoms with Crippen LogP contribution in [0.15, 0.2) is 54.7 Å². The van der Waals surface area contributed by atoms with E-state index < -0.39 is 5.91 Å². The van der Waals surface area contributed by atoms with E-state index in [-0.39, 0.29) is 18.6 Å². The van der Waals surface area contributed by atoms with E-state index in [0.717, 1.165) is 40.3 Å². The Balaban J connectivity index is 1.76. The van der Waals surface area contributed by atoms with Crippen molar-refractivity contribution in [2.45, 2.75) is 26.7 Å². The summed E-state index contributed by atoms with van der Waals surface area (Å²) in [5, 5.41) is 3.41. The van der Waals surface area contributed by atoms with E-state index in [1.807, 2.05) is 42.6 Å². The van der Waals surface area contributed by atoms with Gasteiger partial charge in [0, 0.05) is 30.5 Å². The Morgan fingerprint density at radius 1 is 1.06 bits per heavy atom. The predicted octanol–water partition coefficient (Wildman–Crippen LogP) is 4.07. The number of primary amides is 1. The molecule has 4 rings (SSSR count). The first-order valence-electron chi connectivity index (χ1n) is 10.4. The van der Waals surface area contributed by atoms with Crippen LogP contribution in [-0.2, 0) is 4.79 Å². The molecule has 158 valence electrons. The smallest absolute Gasteiger partial charge is 0.217 e. The van der Waals surface area contributed by atoms with Crippen molar-refractivity contribution in [3.63, 3.8) is 0 Å². The van der Waals surface area contributed by atoms with Gasteiger partial charge >= 0.3 is 0 Å². The highest BCUT2D eigenvalue weighted by Crippen LogP contribution is 2.29. The SMILES string of the molecule is CC(C)CNc1nc2ccccc2n2c(-c3ccc(C(=O)CCC(N)=O)cc3)cnc12. The van der Waals surface area contributed by atoms with Gasteiger partial charge in [-0.05, 0) is 18.1 Å². The van der Waals surface area contributed by atoms with Crippen LogP contribution in [0.4, 0.5) is 5.82 Å². The number of nitrogens with two attached hydrogens (primary N) is 1. The number of ketones is 1. The molecule has 0 saturated heterocycles. The van der Waals surface area contributed by atoms with Crippen LogP contribution >= 0.6 is 0 Å². The minimum Gasteiger partial charge on any atom is -0.370 e. The lowest BCUT2D eigenvalue weighted by Gasteiger charge is -2.12. The number of aromatic nitrogens is 3. The molecule has 0 aliphatic heterocycles. The summed E-state index contributed by atoms with van der Waals surface area (Å²) >= 11 is 0. The van der Waals surface area contributed by atoms with Crippen LogP contribution in [-0.4, -0.2) is 32.6 Å². The summed E-state index contributed by atoms with van der Waals surface area (Å²) in [5.74, 6) is 0.649. The van der Waals surface area contributed by atoms with Gasteiger partial charge in [-0.25, -0.2) is 9.97 Å². The highest BCUT2D eigenvalue weighted by Gasteiger charge is 2.15. The number of carbonyl (C=O) groups is 2. The van der Waals surface area contributed by atoms with Gasteiger partial charge in [0.05, 0.1) is 22.9 Å². The Morgan fingerprint density at radius 3 is 2.52 bits per heavy atom. The molecule has 0 spiro atoms. The zero-order chi connectivity index (χ0) is 22.0. The number of nitrogens with zero attached hydrogens (tertiary/aromatic N) is 3. The molecule has 2 aromatic heterocycles. The number of nitrogens with one attached hydrogen (secondary N) is 1. The van der Waals surface area contributed by atoms with Crippen molar-refractivity contribution in [2.24, 2.45) is 11.7 Å². The summed E-state index contributed by atoms with van der Waals surface area (Å²) in [7, 11) is 0. The third-order valence-corrected chi connectivity index (χ3v) is 5.11. The lowest BCUT2D eigenvalue weighted by atomic mass is 10.0. The van der Waals surface area contributed by atoms with E-state index in [2.05, 4.69) is 28.5 Å². The number of amides is 1. The lowest BCUT2D eigenvalue weighted by molar-refractivity contribution is -0.118. The van der Waals surface area contributed by atoms with Gasteiger partial charge in [-0.3, -0.25) is 14.0 Å². The Labute approximate surface area is 180 Å². The molecule has 0 radical (unpaired) electrons. The first-order chi connectivity index (χ1) is 14.9. The van der Waals surface area contributed by atoms with Gasteiger partial charge in [0.25, 0.3) is 0 Å². The summed E-state index contributed by atoms with van der Waals surface area (Å²) in [6.07, 6.45) is 2.00. The van der Waals surface area contributed by atoms with Gasteiger partial charge < -0.3 is 11.1 Å². The number of rotatable bonds is 8. The molecule has 0 atom stereocenters. The van der Waals surface area contributed by atoms with Crippen molar-refractivity contribution in [3.8, 4) is 11.3 Å². The highest BCUT2D eigenvalue weighted by molar-refractivity contribution is 5.98. The number of carbonyl (C=O) groups excluding carboxylic acids is 2. The van der Waals surface area contributed by atoms with Gasteiger partial charge in [-0.15, -0.1) is 0 Å². The van der Waals surface area contributed by atoms with Crippen LogP contribution in [0.2, 0.25) is 0 Å². The van der Waals surface area contributed by atoms with Crippen LogP contribution in [0, 0.1) is 5.92 Å². The second kappa shape index (κ2) is 8.55. The van der Waals surface area contributed by atoms with Crippen molar-refractivity contribution in [3.05, 3.63) is 60.3 Å². The fourth-order valence-electron chi connectivity index (χ4n) is 3.51. The number of Topliss-reactive ketones (excluding diaryl/α,β-unsaturated/α-hetero) is 1. The van der Waals surface area contributed by atoms with Crippen LogP contribution < -0.4 is 11.1 Å². The van der Waals surface area contributed by atoms with Crippen LogP contribution in [0.25, 0.3) is 27.9 Å². The zero-order valence-electron chi connectivity index (χ0n) is 17.6. The molecule has 0 aliphatic carbocycles. The summed E-state index contributed by atoms with van der Waals surface area (Å²) in [5.41, 5.74) is 10.1. The molecular weight excluding hydrogens is 390 g/mol. The second-order valence-corrected chi connectivity index (χ2v) is 7.99. The topological polar surface area (TPSA) is 102 Å². The van der Waals surface area contributed by atoms with E-state index in [4.69, 9.17) is 10.7 Å². The van der Waals surface area contributed by atoms with Crippen molar-refractivity contribution in [1.29, 1.82) is 0 Å². The zero-order valence-corrected chi connectivity index (χ0v) is 17.6. The standard InChI is InChI=1S/C24H25N5O2/c1-15(2)13-26-23-24-27-14-20(29(24)19-6-4-3-5-18(19)28-23)16-7-9-17(10-8-16)21(30)11-12-22(25)31/h3-10,14-15H,11-13H2,1-2H3,(H2,25,31)(H,26,28).